The number of β-amino-alcohol motifs (C(OH)–C–C–N with tert-alkyl or cyclic N) is 1. The van der Waals surface area contributed by atoms with E-state index in [1.165, 1.54) is 17.0 Å². The van der Waals surface area contributed by atoms with Crippen molar-refractivity contribution in [3.8, 4) is 5.75 Å². The van der Waals surface area contributed by atoms with E-state index >= 15 is 0 Å². The number of hydrogen-bond acceptors (Lipinski definition) is 4. The van der Waals surface area contributed by atoms with Gasteiger partial charge in [-0.25, -0.2) is 0 Å². The lowest BCUT2D eigenvalue weighted by Gasteiger charge is -2.40. The molecule has 154 valence electrons. The number of nitrogens with one attached hydrogen (secondary N) is 1. The van der Waals surface area contributed by atoms with Crippen molar-refractivity contribution in [2.45, 2.75) is 37.8 Å². The van der Waals surface area contributed by atoms with Gasteiger partial charge in [-0.1, -0.05) is 6.92 Å². The van der Waals surface area contributed by atoms with Gasteiger partial charge in [0.2, 0.25) is 5.56 Å². The Hall–Kier alpha value is -2.43. The summed E-state index contributed by atoms with van der Waals surface area (Å²) in [5.41, 5.74) is -2.36. The molecule has 2 N–H and O–H groups in total. The molecule has 1 aromatic carbocycles. The normalized spacial score (nSPS) is 18.7. The maximum absolute atomic E-state index is 13.5. The molecule has 3 rings (SSSR count). The fraction of sp³-hybridized carbons (Fsp3) is 0.471. The molecule has 0 fully saturated rings. The zero-order valence-corrected chi connectivity index (χ0v) is 14.5. The van der Waals surface area contributed by atoms with Crippen LogP contribution in [-0.4, -0.2) is 41.6 Å². The Morgan fingerprint density at radius 3 is 2.54 bits per heavy atom. The molecule has 1 aromatic heterocycles. The largest absolute Gasteiger partial charge is 0.489 e. The highest BCUT2D eigenvalue weighted by molar-refractivity contribution is 5.94. The van der Waals surface area contributed by atoms with Crippen LogP contribution in [0.2, 0.25) is 0 Å². The summed E-state index contributed by atoms with van der Waals surface area (Å²) in [5, 5.41) is 9.04. The van der Waals surface area contributed by atoms with Crippen molar-refractivity contribution in [2.24, 2.45) is 0 Å². The van der Waals surface area contributed by atoms with Gasteiger partial charge in [-0.05, 0) is 18.6 Å². The number of H-pyrrole nitrogens is 1. The van der Waals surface area contributed by atoms with Gasteiger partial charge in [-0.2, -0.15) is 26.3 Å². The minimum absolute atomic E-state index is 0.00792. The van der Waals surface area contributed by atoms with Crippen LogP contribution in [0.3, 0.4) is 0 Å². The second kappa shape index (κ2) is 6.87. The Morgan fingerprint density at radius 2 is 1.96 bits per heavy atom. The van der Waals surface area contributed by atoms with Crippen LogP contribution in [0, 0.1) is 0 Å². The van der Waals surface area contributed by atoms with Gasteiger partial charge in [-0.15, -0.1) is 0 Å². The Balaban J connectivity index is 2.21. The molecule has 28 heavy (non-hydrogen) atoms. The predicted molar refractivity (Wildman–Crippen MR) is 88.6 cm³/mol. The molecular weight excluding hydrogens is 394 g/mol. The third-order valence-electron chi connectivity index (χ3n) is 4.63. The predicted octanol–water partition coefficient (Wildman–Crippen LogP) is 3.45. The lowest BCUT2D eigenvalue weighted by atomic mass is 10.0. The van der Waals surface area contributed by atoms with E-state index in [1.807, 2.05) is 0 Å². The molecule has 5 nitrogen and oxygen atoms in total. The highest BCUT2D eigenvalue weighted by atomic mass is 19.4. The average Bonchev–Trinajstić information content (AvgIpc) is 2.58. The van der Waals surface area contributed by atoms with Gasteiger partial charge in [0.1, 0.15) is 6.61 Å². The summed E-state index contributed by atoms with van der Waals surface area (Å²) in [6, 6.07) is 2.27. The summed E-state index contributed by atoms with van der Waals surface area (Å²) >= 11 is 0. The van der Waals surface area contributed by atoms with Crippen LogP contribution in [0.4, 0.5) is 32.0 Å². The van der Waals surface area contributed by atoms with Crippen molar-refractivity contribution in [3.05, 3.63) is 34.1 Å². The second-order valence-electron chi connectivity index (χ2n) is 6.46. The first-order valence-corrected chi connectivity index (χ1v) is 8.35. The number of aromatic amines is 1. The third-order valence-corrected chi connectivity index (χ3v) is 4.63. The van der Waals surface area contributed by atoms with Crippen LogP contribution in [0.15, 0.2) is 23.0 Å². The number of fused-ring (bicyclic) bond motifs is 3. The van der Waals surface area contributed by atoms with E-state index in [0.717, 1.165) is 0 Å². The van der Waals surface area contributed by atoms with Crippen molar-refractivity contribution in [3.63, 3.8) is 0 Å². The number of hydrogen-bond donors (Lipinski definition) is 2. The molecule has 0 saturated carbocycles. The average molecular weight is 410 g/mol. The molecule has 0 spiro atoms. The Bertz CT molecular complexity index is 937. The van der Waals surface area contributed by atoms with Gasteiger partial charge in [0.25, 0.3) is 0 Å². The van der Waals surface area contributed by atoms with E-state index in [-0.39, 0.29) is 23.6 Å². The van der Waals surface area contributed by atoms with Gasteiger partial charge in [0.15, 0.2) is 11.9 Å². The van der Waals surface area contributed by atoms with E-state index in [2.05, 4.69) is 4.98 Å². The first-order valence-electron chi connectivity index (χ1n) is 8.35. The summed E-state index contributed by atoms with van der Waals surface area (Å²) in [4.78, 5) is 15.0. The number of aromatic nitrogens is 1. The zero-order chi connectivity index (χ0) is 20.9. The molecule has 0 bridgehead atoms. The topological polar surface area (TPSA) is 65.6 Å². The lowest BCUT2D eigenvalue weighted by Crippen LogP contribution is -2.49. The number of pyridine rings is 1. The first-order chi connectivity index (χ1) is 12.9. The SMILES string of the molecule is CC[C@@H]1COc2c(ccc3[nH]c(=O)cc(C(F)(F)F)c23)N1C[C@H](O)C(F)(F)F. The van der Waals surface area contributed by atoms with E-state index in [9.17, 15) is 36.2 Å². The highest BCUT2D eigenvalue weighted by Gasteiger charge is 2.42. The fourth-order valence-electron chi connectivity index (χ4n) is 3.25. The molecule has 0 radical (unpaired) electrons. The standard InChI is InChI=1S/C17H16F6N2O3/c1-2-8-7-28-15-11(25(8)6-12(26)17(21,22)23)4-3-10-14(15)9(16(18,19)20)5-13(27)24-10/h3-5,8,12,26H,2,6-7H2,1H3,(H,24,27)/t8-,12+/m1/s1. The number of ether oxygens (including phenoxy) is 1. The summed E-state index contributed by atoms with van der Waals surface area (Å²) in [6.45, 7) is 0.670. The molecule has 0 saturated heterocycles. The molecular formula is C17H16F6N2O3. The number of halogens is 6. The van der Waals surface area contributed by atoms with Crippen LogP contribution in [0.5, 0.6) is 5.75 Å². The van der Waals surface area contributed by atoms with E-state index in [1.54, 1.807) is 6.92 Å². The van der Waals surface area contributed by atoms with Gasteiger partial charge in [-0.3, -0.25) is 4.79 Å². The molecule has 1 aliphatic rings. The number of nitrogens with zero attached hydrogens (tertiary/aromatic N) is 1. The number of benzene rings is 1. The summed E-state index contributed by atoms with van der Waals surface area (Å²) in [6.07, 6.45) is -12.1. The number of anilines is 1. The van der Waals surface area contributed by atoms with Crippen LogP contribution in [0.25, 0.3) is 10.9 Å². The molecule has 0 aliphatic carbocycles. The summed E-state index contributed by atoms with van der Waals surface area (Å²) in [5.74, 6) is -0.278. The summed E-state index contributed by atoms with van der Waals surface area (Å²) in [7, 11) is 0. The molecule has 2 atom stereocenters. The first kappa shape index (κ1) is 20.3. The van der Waals surface area contributed by atoms with Crippen LogP contribution in [0.1, 0.15) is 18.9 Å². The number of aliphatic hydroxyl groups excluding tert-OH is 1. The maximum Gasteiger partial charge on any atom is 0.417 e. The van der Waals surface area contributed by atoms with Gasteiger partial charge < -0.3 is 19.7 Å². The minimum Gasteiger partial charge on any atom is -0.489 e. The van der Waals surface area contributed by atoms with Crippen molar-refractivity contribution in [1.29, 1.82) is 0 Å². The second-order valence-corrected chi connectivity index (χ2v) is 6.46. The molecule has 1 aliphatic heterocycles. The van der Waals surface area contributed by atoms with Gasteiger partial charge >= 0.3 is 12.4 Å². The number of aliphatic hydroxyl groups is 1. The monoisotopic (exact) mass is 410 g/mol. The molecule has 0 unspecified atom stereocenters. The summed E-state index contributed by atoms with van der Waals surface area (Å²) < 4.78 is 84.4. The smallest absolute Gasteiger partial charge is 0.417 e. The Morgan fingerprint density at radius 1 is 1.29 bits per heavy atom. The fourth-order valence-corrected chi connectivity index (χ4v) is 3.25. The van der Waals surface area contributed by atoms with Crippen molar-refractivity contribution in [1.82, 2.24) is 4.98 Å². The Kier molecular flexibility index (Phi) is 4.98. The van der Waals surface area contributed by atoms with Crippen molar-refractivity contribution >= 4 is 16.6 Å². The maximum atomic E-state index is 13.5. The highest BCUT2D eigenvalue weighted by Crippen LogP contribution is 2.45. The lowest BCUT2D eigenvalue weighted by molar-refractivity contribution is -0.200. The van der Waals surface area contributed by atoms with Crippen LogP contribution < -0.4 is 15.2 Å². The minimum atomic E-state index is -4.88. The molecule has 2 heterocycles. The van der Waals surface area contributed by atoms with Gasteiger partial charge in [0.05, 0.1) is 34.7 Å². The third kappa shape index (κ3) is 3.62. The molecule has 11 heteroatoms. The van der Waals surface area contributed by atoms with E-state index in [0.29, 0.717) is 12.5 Å². The van der Waals surface area contributed by atoms with E-state index < -0.39 is 47.6 Å². The van der Waals surface area contributed by atoms with Crippen molar-refractivity contribution in [2.75, 3.05) is 18.1 Å². The van der Waals surface area contributed by atoms with Gasteiger partial charge in [0, 0.05) is 6.07 Å². The van der Waals surface area contributed by atoms with Crippen molar-refractivity contribution < 1.29 is 36.2 Å². The molecule has 2 aromatic rings. The molecule has 0 amide bonds. The van der Waals surface area contributed by atoms with Crippen LogP contribution >= 0.6 is 0 Å². The number of alkyl halides is 6. The zero-order valence-electron chi connectivity index (χ0n) is 14.5. The quantitative estimate of drug-likeness (QED) is 0.761. The Labute approximate surface area is 154 Å². The van der Waals surface area contributed by atoms with Crippen LogP contribution in [-0.2, 0) is 6.18 Å². The van der Waals surface area contributed by atoms with E-state index in [4.69, 9.17) is 4.74 Å². The number of rotatable bonds is 3.